The van der Waals surface area contributed by atoms with Gasteiger partial charge in [0.1, 0.15) is 17.7 Å². The van der Waals surface area contributed by atoms with Crippen molar-refractivity contribution >= 4 is 49.8 Å². The Hall–Kier alpha value is -4.71. The third-order valence-electron chi connectivity index (χ3n) is 8.10. The summed E-state index contributed by atoms with van der Waals surface area (Å²) in [5, 5.41) is 9.02. The van der Waals surface area contributed by atoms with Crippen LogP contribution in [0.5, 0.6) is 0 Å². The average Bonchev–Trinajstić information content (AvgIpc) is 3.86. The van der Waals surface area contributed by atoms with Gasteiger partial charge in [0.15, 0.2) is 9.84 Å². The molecule has 1 saturated carbocycles. The molecule has 2 atom stereocenters. The summed E-state index contributed by atoms with van der Waals surface area (Å²) >= 11 is 0. The van der Waals surface area contributed by atoms with Gasteiger partial charge in [0.2, 0.25) is 5.91 Å². The number of ether oxygens (including phenoxy) is 1. The number of halogens is 1. The van der Waals surface area contributed by atoms with Crippen molar-refractivity contribution in [2.75, 3.05) is 23.0 Å². The van der Waals surface area contributed by atoms with E-state index in [-0.39, 0.29) is 35.2 Å². The first-order valence-corrected chi connectivity index (χ1v) is 15.8. The summed E-state index contributed by atoms with van der Waals surface area (Å²) < 4.78 is 46.6. The van der Waals surface area contributed by atoms with Gasteiger partial charge in [0, 0.05) is 34.6 Å². The Morgan fingerprint density at radius 2 is 1.84 bits per heavy atom. The highest BCUT2D eigenvalue weighted by Crippen LogP contribution is 2.36. The van der Waals surface area contributed by atoms with E-state index in [0.717, 1.165) is 17.3 Å². The van der Waals surface area contributed by atoms with Gasteiger partial charge >= 0.3 is 6.09 Å². The molecule has 2 aliphatic heterocycles. The fourth-order valence-corrected chi connectivity index (χ4v) is 7.45. The number of benzene rings is 3. The molecule has 10 nitrogen and oxygen atoms in total. The van der Waals surface area contributed by atoms with Crippen LogP contribution in [0.4, 0.5) is 26.4 Å². The summed E-state index contributed by atoms with van der Waals surface area (Å²) in [5.74, 6) is -0.935. The topological polar surface area (TPSA) is 153 Å². The van der Waals surface area contributed by atoms with E-state index in [1.807, 2.05) is 32.0 Å². The van der Waals surface area contributed by atoms with E-state index in [2.05, 4.69) is 20.9 Å². The summed E-state index contributed by atoms with van der Waals surface area (Å²) in [4.78, 5) is 30.5. The zero-order valence-electron chi connectivity index (χ0n) is 24.2. The summed E-state index contributed by atoms with van der Waals surface area (Å²) in [6.45, 7) is 3.83. The van der Waals surface area contributed by atoms with Gasteiger partial charge in [-0.1, -0.05) is 25.1 Å². The Morgan fingerprint density at radius 1 is 1.05 bits per heavy atom. The number of nitrogen functional groups attached to an aromatic ring is 1. The van der Waals surface area contributed by atoms with Crippen LogP contribution < -0.4 is 21.7 Å². The van der Waals surface area contributed by atoms with Crippen LogP contribution in [-0.2, 0) is 25.9 Å². The van der Waals surface area contributed by atoms with Crippen molar-refractivity contribution in [2.45, 2.75) is 55.3 Å². The second kappa shape index (κ2) is 11.4. The first-order valence-electron chi connectivity index (χ1n) is 14.3. The number of rotatable bonds is 4. The number of pyridine rings is 1. The molecule has 3 aromatic carbocycles. The van der Waals surface area contributed by atoms with Gasteiger partial charge in [-0.2, -0.15) is 0 Å². The number of sulfone groups is 1. The lowest BCUT2D eigenvalue weighted by atomic mass is 9.93. The fraction of sp³-hybridized carbons (Fsp3) is 0.281. The molecule has 2 amide bonds. The van der Waals surface area contributed by atoms with Crippen molar-refractivity contribution in [3.8, 4) is 0 Å². The van der Waals surface area contributed by atoms with Gasteiger partial charge in [0.25, 0.3) is 0 Å². The third kappa shape index (κ3) is 5.77. The lowest BCUT2D eigenvalue weighted by Crippen LogP contribution is -2.34. The molecule has 5 N–H and O–H groups in total. The van der Waals surface area contributed by atoms with E-state index in [1.54, 1.807) is 18.2 Å². The van der Waals surface area contributed by atoms with Gasteiger partial charge in [-0.05, 0) is 78.4 Å². The van der Waals surface area contributed by atoms with Gasteiger partial charge < -0.3 is 21.1 Å². The summed E-state index contributed by atoms with van der Waals surface area (Å²) in [6, 6.07) is 14.1. The zero-order valence-corrected chi connectivity index (χ0v) is 25.0. The number of nitrogens with zero attached hydrogens (tertiary/aromatic N) is 1. The number of fused-ring (bicyclic) bond motifs is 10. The number of hydrogen-bond donors (Lipinski definition) is 4. The number of carbonyl (C=O) groups is 2. The Bertz CT molecular complexity index is 1910. The standard InChI is InChI=1S/C32H32FN5O5S/c1-17-11-19-3-8-24(17)18(2)16-43-32(40)38-21-5-10-28(44(41,42)23-6-7-23)20(12-21)14-36-31(39)29(19)37-22-4-9-25-26(13-22)27(33)15-35-30(25)34/h3-5,8-13,15,18,23,29,37H,6-7,14,16H2,1-2H3,(H2,34,35)(H,36,39)(H,38,40). The highest BCUT2D eigenvalue weighted by Gasteiger charge is 2.38. The van der Waals surface area contributed by atoms with Crippen LogP contribution in [0.15, 0.2) is 65.7 Å². The van der Waals surface area contributed by atoms with Crippen LogP contribution in [0, 0.1) is 12.7 Å². The van der Waals surface area contributed by atoms with E-state index in [0.29, 0.717) is 40.7 Å². The summed E-state index contributed by atoms with van der Waals surface area (Å²) in [6.07, 6.45) is 1.54. The van der Waals surface area contributed by atoms with E-state index >= 15 is 0 Å². The number of anilines is 3. The first-order chi connectivity index (χ1) is 21.0. The van der Waals surface area contributed by atoms with E-state index in [9.17, 15) is 22.4 Å². The molecule has 0 radical (unpaired) electrons. The van der Waals surface area contributed by atoms with Crippen LogP contribution in [0.1, 0.15) is 54.0 Å². The molecule has 7 rings (SSSR count). The second-order valence-corrected chi connectivity index (χ2v) is 13.6. The molecule has 4 aromatic rings. The van der Waals surface area contributed by atoms with Gasteiger partial charge in [-0.15, -0.1) is 0 Å². The zero-order chi connectivity index (χ0) is 31.2. The number of nitrogens with two attached hydrogens (primary N) is 1. The van der Waals surface area contributed by atoms with Crippen LogP contribution in [0.2, 0.25) is 0 Å². The Balaban J connectivity index is 1.40. The molecule has 0 saturated heterocycles. The van der Waals surface area contributed by atoms with E-state index < -0.39 is 38.9 Å². The van der Waals surface area contributed by atoms with Crippen LogP contribution >= 0.6 is 0 Å². The maximum absolute atomic E-state index is 14.7. The molecular weight excluding hydrogens is 585 g/mol. The molecule has 3 aliphatic rings. The van der Waals surface area contributed by atoms with Gasteiger partial charge in [0.05, 0.1) is 22.9 Å². The van der Waals surface area contributed by atoms with Gasteiger partial charge in [-0.25, -0.2) is 22.6 Å². The largest absolute Gasteiger partial charge is 0.449 e. The molecular formula is C32H32FN5O5S. The number of amides is 2. The Morgan fingerprint density at radius 3 is 2.59 bits per heavy atom. The van der Waals surface area contributed by atoms with Crippen molar-refractivity contribution in [2.24, 2.45) is 0 Å². The monoisotopic (exact) mass is 617 g/mol. The smallest absolute Gasteiger partial charge is 0.411 e. The second-order valence-electron chi connectivity index (χ2n) is 11.4. The normalized spacial score (nSPS) is 19.2. The predicted molar refractivity (Wildman–Crippen MR) is 166 cm³/mol. The molecule has 1 aromatic heterocycles. The maximum atomic E-state index is 14.7. The highest BCUT2D eigenvalue weighted by molar-refractivity contribution is 7.92. The van der Waals surface area contributed by atoms with E-state index in [1.165, 1.54) is 18.2 Å². The minimum Gasteiger partial charge on any atom is -0.449 e. The van der Waals surface area contributed by atoms with Crippen molar-refractivity contribution in [3.05, 3.63) is 88.9 Å². The minimum atomic E-state index is -3.62. The average molecular weight is 618 g/mol. The van der Waals surface area contributed by atoms with Crippen molar-refractivity contribution in [1.29, 1.82) is 0 Å². The Labute approximate surface area is 254 Å². The molecule has 0 spiro atoms. The molecule has 44 heavy (non-hydrogen) atoms. The molecule has 2 unspecified atom stereocenters. The third-order valence-corrected chi connectivity index (χ3v) is 10.5. The minimum absolute atomic E-state index is 0.106. The Kier molecular flexibility index (Phi) is 7.62. The van der Waals surface area contributed by atoms with E-state index in [4.69, 9.17) is 10.5 Å². The van der Waals surface area contributed by atoms with Crippen LogP contribution in [0.25, 0.3) is 10.8 Å². The highest BCUT2D eigenvalue weighted by atomic mass is 32.2. The van der Waals surface area contributed by atoms with Crippen LogP contribution in [-0.4, -0.2) is 37.3 Å². The summed E-state index contributed by atoms with van der Waals surface area (Å²) in [5.41, 5.74) is 9.56. The molecule has 12 heteroatoms. The van der Waals surface area contributed by atoms with Gasteiger partial charge in [-0.3, -0.25) is 10.1 Å². The first kappa shape index (κ1) is 29.4. The van der Waals surface area contributed by atoms with Crippen LogP contribution in [0.3, 0.4) is 0 Å². The fourth-order valence-electron chi connectivity index (χ4n) is 5.58. The predicted octanol–water partition coefficient (Wildman–Crippen LogP) is 5.34. The van der Waals surface area contributed by atoms with Crippen molar-refractivity contribution < 1.29 is 27.1 Å². The van der Waals surface area contributed by atoms with Crippen molar-refractivity contribution in [3.63, 3.8) is 0 Å². The molecule has 1 aliphatic carbocycles. The number of carbonyl (C=O) groups excluding carboxylic acids is 2. The summed E-state index contributed by atoms with van der Waals surface area (Å²) in [7, 11) is -3.62. The number of nitrogens with one attached hydrogen (secondary N) is 3. The molecule has 1 fully saturated rings. The molecule has 228 valence electrons. The number of hydrogen-bond acceptors (Lipinski definition) is 8. The number of aromatic nitrogens is 1. The number of aryl methyl sites for hydroxylation is 1. The lowest BCUT2D eigenvalue weighted by molar-refractivity contribution is -0.122. The molecule has 4 bridgehead atoms. The maximum Gasteiger partial charge on any atom is 0.411 e. The quantitative estimate of drug-likeness (QED) is 0.240. The SMILES string of the molecule is Cc1cc2ccc1C(C)COC(=O)Nc1ccc(S(=O)(=O)C3CC3)c(c1)CNC(=O)C2Nc1ccc2c(N)ncc(F)c2c1. The molecule has 3 heterocycles. The lowest BCUT2D eigenvalue weighted by Gasteiger charge is -2.23. The van der Waals surface area contributed by atoms with Crippen molar-refractivity contribution in [1.82, 2.24) is 10.3 Å².